The van der Waals surface area contributed by atoms with Crippen LogP contribution in [-0.2, 0) is 6.61 Å². The van der Waals surface area contributed by atoms with Gasteiger partial charge < -0.3 is 9.84 Å². The maximum absolute atomic E-state index is 13.6. The van der Waals surface area contributed by atoms with Crippen molar-refractivity contribution in [2.24, 2.45) is 0 Å². The van der Waals surface area contributed by atoms with E-state index in [0.717, 1.165) is 11.3 Å². The summed E-state index contributed by atoms with van der Waals surface area (Å²) in [6.07, 6.45) is 0. The van der Waals surface area contributed by atoms with Crippen LogP contribution in [0.25, 0.3) is 0 Å². The molecule has 0 saturated heterocycles. The standard InChI is InChI=1S/C12H7F2NO5S/c13-7-4-10(8(14)3-9(7)15(18)19)20-5-6-1-2-21-11(6)12(16)17/h1-4H,5H2,(H,16,17). The Morgan fingerprint density at radius 3 is 2.71 bits per heavy atom. The quantitative estimate of drug-likeness (QED) is 0.676. The summed E-state index contributed by atoms with van der Waals surface area (Å²) in [5.41, 5.74) is -0.702. The van der Waals surface area contributed by atoms with Crippen LogP contribution in [0.4, 0.5) is 14.5 Å². The van der Waals surface area contributed by atoms with E-state index < -0.39 is 34.0 Å². The maximum Gasteiger partial charge on any atom is 0.346 e. The molecule has 0 fully saturated rings. The first-order chi connectivity index (χ1) is 9.90. The molecule has 1 aromatic carbocycles. The van der Waals surface area contributed by atoms with Gasteiger partial charge in [-0.3, -0.25) is 10.1 Å². The van der Waals surface area contributed by atoms with Crippen LogP contribution in [-0.4, -0.2) is 16.0 Å². The molecule has 0 bridgehead atoms. The second-order valence-electron chi connectivity index (χ2n) is 3.86. The fraction of sp³-hybridized carbons (Fsp3) is 0.0833. The summed E-state index contributed by atoms with van der Waals surface area (Å²) < 4.78 is 31.9. The smallest absolute Gasteiger partial charge is 0.346 e. The highest BCUT2D eigenvalue weighted by atomic mass is 32.1. The van der Waals surface area contributed by atoms with Crippen LogP contribution >= 0.6 is 11.3 Å². The van der Waals surface area contributed by atoms with Gasteiger partial charge >= 0.3 is 11.7 Å². The zero-order chi connectivity index (χ0) is 15.6. The number of nitrogens with zero attached hydrogens (tertiary/aromatic N) is 1. The van der Waals surface area contributed by atoms with E-state index in [1.807, 2.05) is 0 Å². The molecular weight excluding hydrogens is 308 g/mol. The molecule has 0 spiro atoms. The Kier molecular flexibility index (Phi) is 4.13. The summed E-state index contributed by atoms with van der Waals surface area (Å²) in [6.45, 7) is -0.292. The van der Waals surface area contributed by atoms with Gasteiger partial charge in [0.15, 0.2) is 11.6 Å². The highest BCUT2D eigenvalue weighted by Crippen LogP contribution is 2.27. The molecule has 0 saturated carbocycles. The van der Waals surface area contributed by atoms with Crippen LogP contribution in [0.5, 0.6) is 5.75 Å². The lowest BCUT2D eigenvalue weighted by molar-refractivity contribution is -0.387. The van der Waals surface area contributed by atoms with Crippen molar-refractivity contribution in [3.05, 3.63) is 55.8 Å². The van der Waals surface area contributed by atoms with Crippen LogP contribution in [0.15, 0.2) is 23.6 Å². The Morgan fingerprint density at radius 1 is 1.38 bits per heavy atom. The number of hydrogen-bond acceptors (Lipinski definition) is 5. The largest absolute Gasteiger partial charge is 0.486 e. The minimum atomic E-state index is -1.24. The lowest BCUT2D eigenvalue weighted by Crippen LogP contribution is -2.03. The maximum atomic E-state index is 13.6. The Labute approximate surface area is 120 Å². The van der Waals surface area contributed by atoms with E-state index in [1.165, 1.54) is 11.4 Å². The molecule has 0 aliphatic heterocycles. The lowest BCUT2D eigenvalue weighted by atomic mass is 10.2. The molecule has 9 heteroatoms. The van der Waals surface area contributed by atoms with Crippen LogP contribution < -0.4 is 4.74 Å². The fourth-order valence-electron chi connectivity index (χ4n) is 1.56. The second-order valence-corrected chi connectivity index (χ2v) is 4.78. The molecule has 0 unspecified atom stereocenters. The molecule has 1 heterocycles. The molecule has 6 nitrogen and oxygen atoms in total. The number of hydrogen-bond donors (Lipinski definition) is 1. The van der Waals surface area contributed by atoms with Gasteiger partial charge in [0.05, 0.1) is 11.0 Å². The first kappa shape index (κ1) is 14.9. The first-order valence-electron chi connectivity index (χ1n) is 5.46. The number of carboxylic acids is 1. The third-order valence-corrected chi connectivity index (χ3v) is 3.47. The van der Waals surface area contributed by atoms with Gasteiger partial charge in [0.25, 0.3) is 0 Å². The topological polar surface area (TPSA) is 89.7 Å². The zero-order valence-electron chi connectivity index (χ0n) is 10.2. The van der Waals surface area contributed by atoms with Crippen molar-refractivity contribution in [2.75, 3.05) is 0 Å². The van der Waals surface area contributed by atoms with Gasteiger partial charge in [-0.1, -0.05) is 0 Å². The van der Waals surface area contributed by atoms with Crippen molar-refractivity contribution in [2.45, 2.75) is 6.61 Å². The van der Waals surface area contributed by atoms with Crippen molar-refractivity contribution >= 4 is 23.0 Å². The number of rotatable bonds is 5. The van der Waals surface area contributed by atoms with Crippen LogP contribution in [0, 0.1) is 21.7 Å². The molecule has 1 aromatic heterocycles. The van der Waals surface area contributed by atoms with Gasteiger partial charge in [-0.25, -0.2) is 9.18 Å². The number of ether oxygens (including phenoxy) is 1. The summed E-state index contributed by atoms with van der Waals surface area (Å²) >= 11 is 0.970. The molecule has 110 valence electrons. The van der Waals surface area contributed by atoms with Crippen molar-refractivity contribution in [1.29, 1.82) is 0 Å². The van der Waals surface area contributed by atoms with Crippen molar-refractivity contribution < 1.29 is 28.3 Å². The van der Waals surface area contributed by atoms with E-state index in [-0.39, 0.29) is 11.5 Å². The van der Waals surface area contributed by atoms with E-state index in [9.17, 15) is 23.7 Å². The molecule has 0 aliphatic rings. The molecule has 0 amide bonds. The summed E-state index contributed by atoms with van der Waals surface area (Å²) in [5, 5.41) is 20.9. The predicted molar refractivity (Wildman–Crippen MR) is 68.6 cm³/mol. The highest BCUT2D eigenvalue weighted by molar-refractivity contribution is 7.12. The number of nitro groups is 1. The molecule has 0 aliphatic carbocycles. The average molecular weight is 315 g/mol. The number of benzene rings is 1. The van der Waals surface area contributed by atoms with E-state index >= 15 is 0 Å². The van der Waals surface area contributed by atoms with Crippen molar-refractivity contribution in [1.82, 2.24) is 0 Å². The summed E-state index contributed by atoms with van der Waals surface area (Å²) in [7, 11) is 0. The fourth-order valence-corrected chi connectivity index (χ4v) is 2.31. The molecule has 21 heavy (non-hydrogen) atoms. The van der Waals surface area contributed by atoms with E-state index in [1.54, 1.807) is 0 Å². The number of thiophene rings is 1. The van der Waals surface area contributed by atoms with Gasteiger partial charge in [-0.05, 0) is 11.4 Å². The summed E-state index contributed by atoms with van der Waals surface area (Å²) in [6, 6.07) is 2.45. The monoisotopic (exact) mass is 315 g/mol. The van der Waals surface area contributed by atoms with Crippen LogP contribution in [0.1, 0.15) is 15.2 Å². The van der Waals surface area contributed by atoms with E-state index in [2.05, 4.69) is 0 Å². The van der Waals surface area contributed by atoms with Gasteiger partial charge in [-0.15, -0.1) is 11.3 Å². The lowest BCUT2D eigenvalue weighted by Gasteiger charge is -2.07. The minimum absolute atomic E-state index is 0.0257. The van der Waals surface area contributed by atoms with Crippen molar-refractivity contribution in [3.8, 4) is 5.75 Å². The summed E-state index contributed by atoms with van der Waals surface area (Å²) in [5.74, 6) is -4.02. The highest BCUT2D eigenvalue weighted by Gasteiger charge is 2.20. The normalized spacial score (nSPS) is 10.4. The number of halogens is 2. The molecule has 1 N–H and O–H groups in total. The molecule has 2 aromatic rings. The summed E-state index contributed by atoms with van der Waals surface area (Å²) in [4.78, 5) is 20.3. The van der Waals surface area contributed by atoms with Gasteiger partial charge in [0.2, 0.25) is 5.82 Å². The molecular formula is C12H7F2NO5S. The van der Waals surface area contributed by atoms with Gasteiger partial charge in [0.1, 0.15) is 11.5 Å². The zero-order valence-corrected chi connectivity index (χ0v) is 11.0. The van der Waals surface area contributed by atoms with Gasteiger partial charge in [0, 0.05) is 11.6 Å². The molecule has 2 rings (SSSR count). The van der Waals surface area contributed by atoms with E-state index in [4.69, 9.17) is 9.84 Å². The minimum Gasteiger partial charge on any atom is -0.486 e. The molecule has 0 atom stereocenters. The number of nitro benzene ring substituents is 1. The van der Waals surface area contributed by atoms with Gasteiger partial charge in [-0.2, -0.15) is 4.39 Å². The van der Waals surface area contributed by atoms with Crippen LogP contribution in [0.3, 0.4) is 0 Å². The SMILES string of the molecule is O=C(O)c1sccc1COc1cc(F)c([N+](=O)[O-])cc1F. The second kappa shape index (κ2) is 5.83. The Bertz CT molecular complexity index is 716. The Morgan fingerprint density at radius 2 is 2.10 bits per heavy atom. The third-order valence-electron chi connectivity index (χ3n) is 2.52. The Hall–Kier alpha value is -2.55. The van der Waals surface area contributed by atoms with Crippen LogP contribution in [0.2, 0.25) is 0 Å². The third kappa shape index (κ3) is 3.14. The number of carboxylic acid groups (broad SMARTS) is 1. The van der Waals surface area contributed by atoms with E-state index in [0.29, 0.717) is 17.7 Å². The van der Waals surface area contributed by atoms with Crippen molar-refractivity contribution in [3.63, 3.8) is 0 Å². The number of aromatic carboxylic acids is 1. The molecule has 0 radical (unpaired) electrons. The predicted octanol–water partition coefficient (Wildman–Crippen LogP) is 3.21. The number of carbonyl (C=O) groups is 1. The Balaban J connectivity index is 2.21. The first-order valence-corrected chi connectivity index (χ1v) is 6.34. The average Bonchev–Trinajstić information content (AvgIpc) is 2.87.